The molecule has 4 rings (SSSR count). The van der Waals surface area contributed by atoms with Gasteiger partial charge in [-0.15, -0.1) is 0 Å². The second-order valence-electron chi connectivity index (χ2n) is 9.67. The molecule has 0 unspecified atom stereocenters. The molecule has 0 amide bonds. The summed E-state index contributed by atoms with van der Waals surface area (Å²) in [5, 5.41) is 0. The van der Waals surface area contributed by atoms with Crippen molar-refractivity contribution in [3.63, 3.8) is 0 Å². The van der Waals surface area contributed by atoms with Gasteiger partial charge in [-0.25, -0.2) is 4.79 Å². The van der Waals surface area contributed by atoms with E-state index in [4.69, 9.17) is 23.7 Å². The summed E-state index contributed by atoms with van der Waals surface area (Å²) in [4.78, 5) is 25.9. The number of allylic oxidation sites excluding steroid dienone is 1. The maximum absolute atomic E-state index is 13.1. The highest BCUT2D eigenvalue weighted by Crippen LogP contribution is 2.41. The molecule has 37 heavy (non-hydrogen) atoms. The van der Waals surface area contributed by atoms with E-state index >= 15 is 0 Å². The SMILES string of the molecule is COc1cc(OC)c(OC)cc1/C=C1\Oc2c(ccc(OC(=O)c3ccc(C(C)(C)C)cc3)c2C)C1=O. The van der Waals surface area contributed by atoms with Crippen LogP contribution in [-0.4, -0.2) is 33.1 Å². The highest BCUT2D eigenvalue weighted by molar-refractivity contribution is 6.15. The minimum absolute atomic E-state index is 0.0188. The van der Waals surface area contributed by atoms with Gasteiger partial charge in [0.05, 0.1) is 32.5 Å². The van der Waals surface area contributed by atoms with Crippen LogP contribution >= 0.6 is 0 Å². The van der Waals surface area contributed by atoms with Crippen molar-refractivity contribution in [2.24, 2.45) is 0 Å². The van der Waals surface area contributed by atoms with Crippen LogP contribution in [0.4, 0.5) is 0 Å². The van der Waals surface area contributed by atoms with Crippen molar-refractivity contribution in [2.75, 3.05) is 21.3 Å². The van der Waals surface area contributed by atoms with Gasteiger partial charge in [0.2, 0.25) is 5.78 Å². The number of carbonyl (C=O) groups is 2. The zero-order valence-electron chi connectivity index (χ0n) is 22.1. The Kier molecular flexibility index (Phi) is 6.99. The Morgan fingerprint density at radius 1 is 0.838 bits per heavy atom. The van der Waals surface area contributed by atoms with Crippen molar-refractivity contribution in [3.05, 3.63) is 82.1 Å². The summed E-state index contributed by atoms with van der Waals surface area (Å²) in [5.74, 6) is 1.48. The number of hydrogen-bond acceptors (Lipinski definition) is 7. The molecule has 0 saturated carbocycles. The van der Waals surface area contributed by atoms with E-state index in [0.717, 1.165) is 5.56 Å². The van der Waals surface area contributed by atoms with Crippen molar-refractivity contribution < 1.29 is 33.3 Å². The van der Waals surface area contributed by atoms with Gasteiger partial charge in [-0.05, 0) is 54.3 Å². The molecule has 0 bridgehead atoms. The lowest BCUT2D eigenvalue weighted by Crippen LogP contribution is -2.13. The quantitative estimate of drug-likeness (QED) is 0.227. The van der Waals surface area contributed by atoms with Crippen molar-refractivity contribution in [2.45, 2.75) is 33.1 Å². The topological polar surface area (TPSA) is 80.3 Å². The molecule has 3 aromatic carbocycles. The summed E-state index contributed by atoms with van der Waals surface area (Å²) in [6.07, 6.45) is 1.59. The third kappa shape index (κ3) is 5.03. The molecule has 192 valence electrons. The highest BCUT2D eigenvalue weighted by Gasteiger charge is 2.31. The van der Waals surface area contributed by atoms with Crippen LogP contribution in [0.25, 0.3) is 6.08 Å². The number of esters is 1. The summed E-state index contributed by atoms with van der Waals surface area (Å²) in [6, 6.07) is 13.9. The standard InChI is InChI=1S/C30H30O7/c1-17-22(37-29(32)18-8-10-20(11-9-18)30(2,3)4)13-12-21-27(31)26(36-28(17)21)15-19-14-24(34-6)25(35-7)16-23(19)33-5/h8-16H,1-7H3/b26-15-. The summed E-state index contributed by atoms with van der Waals surface area (Å²) >= 11 is 0. The maximum atomic E-state index is 13.1. The minimum atomic E-state index is -0.487. The van der Waals surface area contributed by atoms with Crippen LogP contribution in [0.1, 0.15) is 58.2 Å². The molecule has 0 aromatic heterocycles. The molecule has 1 heterocycles. The largest absolute Gasteiger partial charge is 0.496 e. The third-order valence-corrected chi connectivity index (χ3v) is 6.25. The fraction of sp³-hybridized carbons (Fsp3) is 0.267. The van der Waals surface area contributed by atoms with E-state index in [9.17, 15) is 9.59 Å². The monoisotopic (exact) mass is 502 g/mol. The molecule has 0 fully saturated rings. The Balaban J connectivity index is 1.61. The van der Waals surface area contributed by atoms with Crippen LogP contribution < -0.4 is 23.7 Å². The molecule has 0 radical (unpaired) electrons. The van der Waals surface area contributed by atoms with Gasteiger partial charge in [0, 0.05) is 17.2 Å². The predicted molar refractivity (Wildman–Crippen MR) is 140 cm³/mol. The summed E-state index contributed by atoms with van der Waals surface area (Å²) in [7, 11) is 4.58. The molecular weight excluding hydrogens is 472 g/mol. The first-order valence-corrected chi connectivity index (χ1v) is 11.8. The number of ether oxygens (including phenoxy) is 5. The molecule has 7 heteroatoms. The molecule has 3 aromatic rings. The summed E-state index contributed by atoms with van der Waals surface area (Å²) < 4.78 is 27.8. The third-order valence-electron chi connectivity index (χ3n) is 6.25. The molecule has 0 saturated heterocycles. The minimum Gasteiger partial charge on any atom is -0.496 e. The summed E-state index contributed by atoms with van der Waals surface area (Å²) in [5.41, 5.74) is 3.06. The molecule has 7 nitrogen and oxygen atoms in total. The number of hydrogen-bond donors (Lipinski definition) is 0. The molecule has 1 aliphatic rings. The molecule has 0 spiro atoms. The van der Waals surface area contributed by atoms with Gasteiger partial charge >= 0.3 is 5.97 Å². The second kappa shape index (κ2) is 10.0. The zero-order chi connectivity index (χ0) is 26.9. The van der Waals surface area contributed by atoms with Gasteiger partial charge in [-0.2, -0.15) is 0 Å². The van der Waals surface area contributed by atoms with E-state index in [2.05, 4.69) is 20.8 Å². The average Bonchev–Trinajstić information content (AvgIpc) is 3.20. The van der Waals surface area contributed by atoms with Gasteiger partial charge in [-0.3, -0.25) is 4.79 Å². The van der Waals surface area contributed by atoms with E-state index in [-0.39, 0.29) is 17.0 Å². The Labute approximate surface area is 216 Å². The fourth-order valence-corrected chi connectivity index (χ4v) is 4.05. The Hall–Kier alpha value is -4.26. The summed E-state index contributed by atoms with van der Waals surface area (Å²) in [6.45, 7) is 8.08. The van der Waals surface area contributed by atoms with Gasteiger partial charge in [0.1, 0.15) is 17.2 Å². The normalized spacial score (nSPS) is 13.7. The first-order chi connectivity index (χ1) is 17.6. The average molecular weight is 503 g/mol. The van der Waals surface area contributed by atoms with Crippen LogP contribution in [0.5, 0.6) is 28.7 Å². The number of Topliss-reactive ketones (excluding diaryl/α,β-unsaturated/α-hetero) is 1. The Morgan fingerprint density at radius 2 is 1.46 bits per heavy atom. The number of rotatable bonds is 6. The van der Waals surface area contributed by atoms with E-state index < -0.39 is 5.97 Å². The second-order valence-corrected chi connectivity index (χ2v) is 9.67. The van der Waals surface area contributed by atoms with Crippen LogP contribution in [0.3, 0.4) is 0 Å². The smallest absolute Gasteiger partial charge is 0.343 e. The Morgan fingerprint density at radius 3 is 2.05 bits per heavy atom. The lowest BCUT2D eigenvalue weighted by Gasteiger charge is -2.19. The maximum Gasteiger partial charge on any atom is 0.343 e. The van der Waals surface area contributed by atoms with Crippen molar-refractivity contribution in [1.82, 2.24) is 0 Å². The van der Waals surface area contributed by atoms with E-state index in [1.807, 2.05) is 12.1 Å². The van der Waals surface area contributed by atoms with Gasteiger partial charge in [0.15, 0.2) is 17.3 Å². The number of carbonyl (C=O) groups excluding carboxylic acids is 2. The van der Waals surface area contributed by atoms with Crippen LogP contribution in [-0.2, 0) is 5.41 Å². The first-order valence-electron chi connectivity index (χ1n) is 11.8. The van der Waals surface area contributed by atoms with E-state index in [1.54, 1.807) is 49.4 Å². The lowest BCUT2D eigenvalue weighted by molar-refractivity contribution is 0.0733. The molecule has 0 aliphatic carbocycles. The Bertz CT molecular complexity index is 1390. The molecule has 0 atom stereocenters. The predicted octanol–water partition coefficient (Wildman–Crippen LogP) is 6.15. The molecule has 0 N–H and O–H groups in total. The van der Waals surface area contributed by atoms with E-state index in [0.29, 0.717) is 51.0 Å². The molecule has 1 aliphatic heterocycles. The van der Waals surface area contributed by atoms with Crippen molar-refractivity contribution >= 4 is 17.8 Å². The van der Waals surface area contributed by atoms with Crippen LogP contribution in [0.2, 0.25) is 0 Å². The molecular formula is C30H30O7. The van der Waals surface area contributed by atoms with Gasteiger partial charge < -0.3 is 23.7 Å². The van der Waals surface area contributed by atoms with Gasteiger partial charge in [-0.1, -0.05) is 32.9 Å². The zero-order valence-corrected chi connectivity index (χ0v) is 22.1. The van der Waals surface area contributed by atoms with Crippen LogP contribution in [0.15, 0.2) is 54.3 Å². The van der Waals surface area contributed by atoms with E-state index in [1.165, 1.54) is 21.3 Å². The first kappa shape index (κ1) is 25.8. The fourth-order valence-electron chi connectivity index (χ4n) is 4.05. The number of fused-ring (bicyclic) bond motifs is 1. The van der Waals surface area contributed by atoms with Gasteiger partial charge in [0.25, 0.3) is 0 Å². The highest BCUT2D eigenvalue weighted by atomic mass is 16.5. The van der Waals surface area contributed by atoms with Crippen LogP contribution in [0, 0.1) is 6.92 Å². The lowest BCUT2D eigenvalue weighted by atomic mass is 9.87. The number of ketones is 1. The van der Waals surface area contributed by atoms with Crippen molar-refractivity contribution in [3.8, 4) is 28.7 Å². The van der Waals surface area contributed by atoms with Crippen molar-refractivity contribution in [1.29, 1.82) is 0 Å². The number of methoxy groups -OCH3 is 3. The number of benzene rings is 3.